The maximum Gasteiger partial charge on any atom is 0.416 e. The molecule has 0 aromatic heterocycles. The summed E-state index contributed by atoms with van der Waals surface area (Å²) in [6, 6.07) is 9.18. The largest absolute Gasteiger partial charge is 0.416 e. The van der Waals surface area contributed by atoms with Crippen molar-refractivity contribution in [2.45, 2.75) is 13.1 Å². The van der Waals surface area contributed by atoms with Crippen LogP contribution in [0.2, 0.25) is 0 Å². The van der Waals surface area contributed by atoms with E-state index in [4.69, 9.17) is 0 Å². The van der Waals surface area contributed by atoms with E-state index in [0.717, 1.165) is 30.3 Å². The van der Waals surface area contributed by atoms with E-state index in [1.807, 2.05) is 0 Å². The van der Waals surface area contributed by atoms with Gasteiger partial charge in [0.25, 0.3) is 0 Å². The number of alkyl halides is 3. The predicted octanol–water partition coefficient (Wildman–Crippen LogP) is 7.46. The van der Waals surface area contributed by atoms with Crippen molar-refractivity contribution in [2.24, 2.45) is 0 Å². The minimum Gasteiger partial charge on any atom is -0.203 e. The van der Waals surface area contributed by atoms with Gasteiger partial charge in [0.15, 0.2) is 23.3 Å². The molecule has 0 aliphatic rings. The van der Waals surface area contributed by atoms with Crippen LogP contribution in [0.15, 0.2) is 55.1 Å². The molecule has 150 valence electrons. The number of benzene rings is 3. The van der Waals surface area contributed by atoms with Crippen LogP contribution >= 0.6 is 0 Å². The third-order valence-electron chi connectivity index (χ3n) is 4.53. The molecule has 0 spiro atoms. The molecule has 0 N–H and O–H groups in total. The Balaban J connectivity index is 2.03. The van der Waals surface area contributed by atoms with Gasteiger partial charge >= 0.3 is 6.18 Å². The molecule has 0 nitrogen and oxygen atoms in total. The summed E-state index contributed by atoms with van der Waals surface area (Å²) < 4.78 is 95.2. The Bertz CT molecular complexity index is 1090. The molecule has 0 fully saturated rings. The molecule has 7 heteroatoms. The number of hydrogen-bond acceptors (Lipinski definition) is 0. The Hall–Kier alpha value is -3.09. The van der Waals surface area contributed by atoms with Gasteiger partial charge in [0.1, 0.15) is 0 Å². The lowest BCUT2D eigenvalue weighted by molar-refractivity contribution is -0.0686. The second kappa shape index (κ2) is 7.39. The average molecular weight is 410 g/mol. The molecule has 0 aliphatic heterocycles. The fraction of sp³-hybridized carbons (Fsp3) is 0.0909. The molecule has 0 bridgehead atoms. The van der Waals surface area contributed by atoms with Crippen molar-refractivity contribution in [1.29, 1.82) is 0 Å². The highest BCUT2D eigenvalue weighted by Gasteiger charge is 2.32. The number of halogens is 7. The molecule has 29 heavy (non-hydrogen) atoms. The molecule has 0 saturated heterocycles. The van der Waals surface area contributed by atoms with Crippen LogP contribution in [0.1, 0.15) is 11.1 Å². The Morgan fingerprint density at radius 1 is 0.655 bits per heavy atom. The number of hydrogen-bond donors (Lipinski definition) is 0. The van der Waals surface area contributed by atoms with Gasteiger partial charge in [-0.05, 0) is 23.6 Å². The number of rotatable bonds is 3. The summed E-state index contributed by atoms with van der Waals surface area (Å²) in [6.07, 6.45) is -4.62. The number of aryl methyl sites for hydroxylation is 1. The van der Waals surface area contributed by atoms with E-state index in [9.17, 15) is 30.7 Å². The van der Waals surface area contributed by atoms with Crippen LogP contribution in [0.3, 0.4) is 0 Å². The zero-order valence-electron chi connectivity index (χ0n) is 15.0. The number of allylic oxidation sites excluding steroid dienone is 1. The molecule has 0 unspecified atom stereocenters. The molecule has 0 atom stereocenters. The lowest BCUT2D eigenvalue weighted by Crippen LogP contribution is -2.09. The third kappa shape index (κ3) is 3.77. The van der Waals surface area contributed by atoms with Crippen LogP contribution in [0, 0.1) is 30.2 Å². The highest BCUT2D eigenvalue weighted by Crippen LogP contribution is 2.36. The van der Waals surface area contributed by atoms with Gasteiger partial charge in [0.05, 0.1) is 5.57 Å². The monoisotopic (exact) mass is 410 g/mol. The fourth-order valence-corrected chi connectivity index (χ4v) is 2.85. The second-order valence-electron chi connectivity index (χ2n) is 6.40. The SMILES string of the molecule is C=C(c1ccc(-c2ccc(-c3ccc(C)c(F)c3F)c(F)c2F)cc1)C(F)(F)F. The lowest BCUT2D eigenvalue weighted by atomic mass is 9.96. The van der Waals surface area contributed by atoms with Gasteiger partial charge in [-0.2, -0.15) is 13.2 Å². The van der Waals surface area contributed by atoms with Crippen molar-refractivity contribution in [3.63, 3.8) is 0 Å². The first-order valence-corrected chi connectivity index (χ1v) is 8.32. The molecular formula is C22H13F7. The molecule has 0 radical (unpaired) electrons. The Morgan fingerprint density at radius 3 is 1.66 bits per heavy atom. The fourth-order valence-electron chi connectivity index (χ4n) is 2.85. The van der Waals surface area contributed by atoms with Gasteiger partial charge in [0, 0.05) is 16.7 Å². The summed E-state index contributed by atoms with van der Waals surface area (Å²) in [6.45, 7) is 4.30. The molecule has 0 heterocycles. The maximum absolute atomic E-state index is 14.6. The normalized spacial score (nSPS) is 11.6. The topological polar surface area (TPSA) is 0 Å². The summed E-state index contributed by atoms with van der Waals surface area (Å²) in [7, 11) is 0. The highest BCUT2D eigenvalue weighted by atomic mass is 19.4. The highest BCUT2D eigenvalue weighted by molar-refractivity contribution is 5.74. The van der Waals surface area contributed by atoms with Crippen molar-refractivity contribution in [2.75, 3.05) is 0 Å². The smallest absolute Gasteiger partial charge is 0.203 e. The van der Waals surface area contributed by atoms with E-state index in [-0.39, 0.29) is 22.3 Å². The lowest BCUT2D eigenvalue weighted by Gasteiger charge is -2.13. The second-order valence-corrected chi connectivity index (χ2v) is 6.40. The minimum absolute atomic E-state index is 0.0179. The summed E-state index contributed by atoms with van der Waals surface area (Å²) in [5, 5.41) is 0. The van der Waals surface area contributed by atoms with Gasteiger partial charge in [-0.3, -0.25) is 0 Å². The minimum atomic E-state index is -4.62. The standard InChI is InChI=1S/C22H13F7/c1-11-3-8-16(20(25)18(11)23)17-10-9-15(19(24)21(17)26)14-6-4-13(5-7-14)12(2)22(27,28)29/h3-10H,2H2,1H3. The van der Waals surface area contributed by atoms with Crippen molar-refractivity contribution in [1.82, 2.24) is 0 Å². The zero-order valence-corrected chi connectivity index (χ0v) is 15.0. The van der Waals surface area contributed by atoms with Crippen molar-refractivity contribution in [3.8, 4) is 22.3 Å². The molecular weight excluding hydrogens is 397 g/mol. The van der Waals surface area contributed by atoms with E-state index in [0.29, 0.717) is 0 Å². The first-order valence-electron chi connectivity index (χ1n) is 8.32. The van der Waals surface area contributed by atoms with Gasteiger partial charge in [-0.15, -0.1) is 0 Å². The van der Waals surface area contributed by atoms with E-state index in [1.54, 1.807) is 0 Å². The first-order chi connectivity index (χ1) is 13.5. The summed E-state index contributed by atoms with van der Waals surface area (Å²) in [4.78, 5) is 0. The van der Waals surface area contributed by atoms with E-state index >= 15 is 0 Å². The van der Waals surface area contributed by atoms with E-state index in [2.05, 4.69) is 6.58 Å². The molecule has 3 aromatic rings. The van der Waals surface area contributed by atoms with Crippen molar-refractivity contribution in [3.05, 3.63) is 89.5 Å². The predicted molar refractivity (Wildman–Crippen MR) is 97.0 cm³/mol. The molecule has 3 aromatic carbocycles. The van der Waals surface area contributed by atoms with Crippen molar-refractivity contribution < 1.29 is 30.7 Å². The van der Waals surface area contributed by atoms with E-state index < -0.39 is 46.1 Å². The molecule has 0 aliphatic carbocycles. The van der Waals surface area contributed by atoms with Gasteiger partial charge in [-0.1, -0.05) is 55.1 Å². The van der Waals surface area contributed by atoms with Gasteiger partial charge in [0.2, 0.25) is 0 Å². The Labute approximate surface area is 161 Å². The van der Waals surface area contributed by atoms with Crippen LogP contribution in [0.4, 0.5) is 30.7 Å². The zero-order chi connectivity index (χ0) is 21.5. The molecule has 0 amide bonds. The van der Waals surface area contributed by atoms with Crippen LogP contribution in [0.5, 0.6) is 0 Å². The Kier molecular flexibility index (Phi) is 5.26. The quantitative estimate of drug-likeness (QED) is 0.393. The first kappa shape index (κ1) is 20.6. The molecule has 0 saturated carbocycles. The van der Waals surface area contributed by atoms with Crippen LogP contribution < -0.4 is 0 Å². The average Bonchev–Trinajstić information content (AvgIpc) is 2.68. The summed E-state index contributed by atoms with van der Waals surface area (Å²) in [5.41, 5.74) is -2.29. The van der Waals surface area contributed by atoms with Crippen LogP contribution in [0.25, 0.3) is 27.8 Å². The molecule has 3 rings (SSSR count). The Morgan fingerprint density at radius 2 is 1.10 bits per heavy atom. The summed E-state index contributed by atoms with van der Waals surface area (Å²) in [5.74, 6) is -5.18. The van der Waals surface area contributed by atoms with Crippen LogP contribution in [-0.4, -0.2) is 6.18 Å². The van der Waals surface area contributed by atoms with E-state index in [1.165, 1.54) is 25.1 Å². The van der Waals surface area contributed by atoms with Crippen molar-refractivity contribution >= 4 is 5.57 Å². The van der Waals surface area contributed by atoms with Crippen LogP contribution in [-0.2, 0) is 0 Å². The maximum atomic E-state index is 14.6. The van der Waals surface area contributed by atoms with Gasteiger partial charge in [-0.25, -0.2) is 17.6 Å². The van der Waals surface area contributed by atoms with Gasteiger partial charge < -0.3 is 0 Å². The third-order valence-corrected chi connectivity index (χ3v) is 4.53. The summed E-state index contributed by atoms with van der Waals surface area (Å²) >= 11 is 0.